The molecule has 1 aliphatic rings. The van der Waals surface area contributed by atoms with Crippen LogP contribution in [0.2, 0.25) is 0 Å². The molecular formula is C13H14N2O6. The first-order chi connectivity index (χ1) is 10.0. The zero-order chi connectivity index (χ0) is 15.1. The van der Waals surface area contributed by atoms with Crippen LogP contribution in [-0.2, 0) is 4.74 Å². The Morgan fingerprint density at radius 1 is 1.19 bits per heavy atom. The Bertz CT molecular complexity index is 782. The predicted octanol–water partition coefficient (Wildman–Crippen LogP) is -1.70. The smallest absolute Gasteiger partial charge is 0.331 e. The molecule has 4 atom stereocenters. The molecule has 1 saturated heterocycles. The van der Waals surface area contributed by atoms with Crippen molar-refractivity contribution in [3.63, 3.8) is 0 Å². The van der Waals surface area contributed by atoms with E-state index in [-0.39, 0.29) is 10.9 Å². The molecule has 4 N–H and O–H groups in total. The van der Waals surface area contributed by atoms with Crippen LogP contribution >= 0.6 is 0 Å². The highest BCUT2D eigenvalue weighted by molar-refractivity contribution is 5.77. The molecule has 2 aromatic rings. The molecule has 0 radical (unpaired) electrons. The summed E-state index contributed by atoms with van der Waals surface area (Å²) in [7, 11) is 0. The number of aliphatic hydroxyl groups excluding tert-OH is 3. The summed E-state index contributed by atoms with van der Waals surface area (Å²) in [5, 5.41) is 29.2. The van der Waals surface area contributed by atoms with E-state index in [4.69, 9.17) is 9.84 Å². The minimum Gasteiger partial charge on any atom is -0.394 e. The largest absolute Gasteiger partial charge is 0.394 e. The molecule has 8 heteroatoms. The summed E-state index contributed by atoms with van der Waals surface area (Å²) >= 11 is 0. The molecule has 1 aliphatic heterocycles. The summed E-state index contributed by atoms with van der Waals surface area (Å²) < 4.78 is 6.41. The van der Waals surface area contributed by atoms with Crippen molar-refractivity contribution >= 4 is 10.9 Å². The number of hydrogen-bond donors (Lipinski definition) is 4. The zero-order valence-electron chi connectivity index (χ0n) is 10.8. The standard InChI is InChI=1S/C13H14N2O6/c16-5-8-9(17)10(18)12(21-8)15-7-4-2-1-3-6(7)11(19)14-13(15)20/h1-4,8-10,12,16-18H,5H2,(H,14,19,20)/t8-,9-,10-,12-/m1/s1. The van der Waals surface area contributed by atoms with Crippen molar-refractivity contribution in [3.8, 4) is 0 Å². The zero-order valence-corrected chi connectivity index (χ0v) is 10.8. The van der Waals surface area contributed by atoms with Crippen molar-refractivity contribution in [1.29, 1.82) is 0 Å². The number of rotatable bonds is 2. The molecule has 0 amide bonds. The van der Waals surface area contributed by atoms with Gasteiger partial charge in [0.15, 0.2) is 6.23 Å². The molecule has 3 rings (SSSR count). The van der Waals surface area contributed by atoms with Crippen LogP contribution in [0.15, 0.2) is 33.9 Å². The van der Waals surface area contributed by atoms with E-state index in [2.05, 4.69) is 4.98 Å². The van der Waals surface area contributed by atoms with Crippen molar-refractivity contribution in [2.75, 3.05) is 6.61 Å². The summed E-state index contributed by atoms with van der Waals surface area (Å²) in [4.78, 5) is 26.0. The van der Waals surface area contributed by atoms with Crippen molar-refractivity contribution in [2.45, 2.75) is 24.5 Å². The first kappa shape index (κ1) is 14.0. The van der Waals surface area contributed by atoms with Gasteiger partial charge in [0.1, 0.15) is 18.3 Å². The Morgan fingerprint density at radius 2 is 1.90 bits per heavy atom. The van der Waals surface area contributed by atoms with Gasteiger partial charge in [-0.3, -0.25) is 14.3 Å². The molecule has 8 nitrogen and oxygen atoms in total. The average Bonchev–Trinajstić information content (AvgIpc) is 2.75. The normalized spacial score (nSPS) is 29.1. The van der Waals surface area contributed by atoms with Crippen LogP contribution < -0.4 is 11.2 Å². The molecule has 112 valence electrons. The van der Waals surface area contributed by atoms with Crippen molar-refractivity contribution in [3.05, 3.63) is 45.1 Å². The summed E-state index contributed by atoms with van der Waals surface area (Å²) in [6, 6.07) is 6.36. The quantitative estimate of drug-likeness (QED) is 0.523. The number of fused-ring (bicyclic) bond motifs is 1. The van der Waals surface area contributed by atoms with E-state index >= 15 is 0 Å². The van der Waals surface area contributed by atoms with E-state index in [0.29, 0.717) is 0 Å². The van der Waals surface area contributed by atoms with Crippen molar-refractivity contribution in [1.82, 2.24) is 9.55 Å². The number of para-hydroxylation sites is 1. The number of H-pyrrole nitrogens is 1. The Morgan fingerprint density at radius 3 is 2.57 bits per heavy atom. The second-order valence-electron chi connectivity index (χ2n) is 4.88. The minimum atomic E-state index is -1.39. The number of benzene rings is 1. The van der Waals surface area contributed by atoms with Crippen LogP contribution in [0.1, 0.15) is 6.23 Å². The lowest BCUT2D eigenvalue weighted by Gasteiger charge is -2.19. The lowest BCUT2D eigenvalue weighted by Crippen LogP contribution is -2.38. The number of nitrogens with one attached hydrogen (secondary N) is 1. The van der Waals surface area contributed by atoms with Gasteiger partial charge < -0.3 is 20.1 Å². The minimum absolute atomic E-state index is 0.259. The molecule has 0 unspecified atom stereocenters. The van der Waals surface area contributed by atoms with Crippen LogP contribution in [0, 0.1) is 0 Å². The van der Waals surface area contributed by atoms with Gasteiger partial charge in [0.05, 0.1) is 17.5 Å². The Balaban J connectivity index is 2.22. The third kappa shape index (κ3) is 2.09. The van der Waals surface area contributed by atoms with E-state index in [1.165, 1.54) is 6.07 Å². The first-order valence-corrected chi connectivity index (χ1v) is 6.40. The maximum Gasteiger partial charge on any atom is 0.331 e. The lowest BCUT2D eigenvalue weighted by atomic mass is 10.1. The van der Waals surface area contributed by atoms with E-state index < -0.39 is 42.4 Å². The van der Waals surface area contributed by atoms with Gasteiger partial charge in [-0.2, -0.15) is 0 Å². The van der Waals surface area contributed by atoms with Gasteiger partial charge in [-0.15, -0.1) is 0 Å². The molecule has 21 heavy (non-hydrogen) atoms. The second-order valence-corrected chi connectivity index (χ2v) is 4.88. The van der Waals surface area contributed by atoms with Crippen LogP contribution in [0.5, 0.6) is 0 Å². The molecule has 1 aromatic heterocycles. The highest BCUT2D eigenvalue weighted by Crippen LogP contribution is 2.29. The number of nitrogens with zero attached hydrogens (tertiary/aromatic N) is 1. The van der Waals surface area contributed by atoms with Crippen molar-refractivity contribution in [2.24, 2.45) is 0 Å². The fraction of sp³-hybridized carbons (Fsp3) is 0.385. The number of ether oxygens (including phenoxy) is 1. The van der Waals surface area contributed by atoms with Crippen LogP contribution in [0.3, 0.4) is 0 Å². The monoisotopic (exact) mass is 294 g/mol. The summed E-state index contributed by atoms with van der Waals surface area (Å²) in [6.07, 6.45) is -4.90. The molecule has 0 aliphatic carbocycles. The van der Waals surface area contributed by atoms with E-state index in [1.807, 2.05) is 0 Å². The van der Waals surface area contributed by atoms with Gasteiger partial charge in [-0.1, -0.05) is 12.1 Å². The molecule has 0 spiro atoms. The predicted molar refractivity (Wildman–Crippen MR) is 71.8 cm³/mol. The molecule has 0 saturated carbocycles. The molecule has 2 heterocycles. The fourth-order valence-electron chi connectivity index (χ4n) is 2.56. The lowest BCUT2D eigenvalue weighted by molar-refractivity contribution is -0.0527. The molecule has 1 aromatic carbocycles. The Hall–Kier alpha value is -2.00. The highest BCUT2D eigenvalue weighted by Gasteiger charge is 2.44. The van der Waals surface area contributed by atoms with Crippen LogP contribution in [0.25, 0.3) is 10.9 Å². The Labute approximate surface area is 117 Å². The van der Waals surface area contributed by atoms with Gasteiger partial charge in [-0.25, -0.2) is 4.79 Å². The van der Waals surface area contributed by atoms with Gasteiger partial charge >= 0.3 is 5.69 Å². The topological polar surface area (TPSA) is 125 Å². The summed E-state index contributed by atoms with van der Waals surface area (Å²) in [5.41, 5.74) is -1.02. The van der Waals surface area contributed by atoms with Crippen LogP contribution in [0.4, 0.5) is 0 Å². The number of hydrogen-bond acceptors (Lipinski definition) is 6. The van der Waals surface area contributed by atoms with E-state index in [9.17, 15) is 19.8 Å². The fourth-order valence-corrected chi connectivity index (χ4v) is 2.56. The van der Waals surface area contributed by atoms with Gasteiger partial charge in [0, 0.05) is 0 Å². The number of aromatic amines is 1. The van der Waals surface area contributed by atoms with Crippen LogP contribution in [-0.4, -0.2) is 49.8 Å². The first-order valence-electron chi connectivity index (χ1n) is 6.40. The van der Waals surface area contributed by atoms with E-state index in [1.54, 1.807) is 18.2 Å². The van der Waals surface area contributed by atoms with Gasteiger partial charge in [0.2, 0.25) is 0 Å². The highest BCUT2D eigenvalue weighted by atomic mass is 16.6. The summed E-state index contributed by atoms with van der Waals surface area (Å²) in [5.74, 6) is 0. The maximum absolute atomic E-state index is 12.1. The third-order valence-corrected chi connectivity index (χ3v) is 3.62. The van der Waals surface area contributed by atoms with Gasteiger partial charge in [-0.05, 0) is 12.1 Å². The van der Waals surface area contributed by atoms with E-state index in [0.717, 1.165) is 4.57 Å². The summed E-state index contributed by atoms with van der Waals surface area (Å²) in [6.45, 7) is -0.495. The average molecular weight is 294 g/mol. The van der Waals surface area contributed by atoms with Gasteiger partial charge in [0.25, 0.3) is 5.56 Å². The van der Waals surface area contributed by atoms with Crippen molar-refractivity contribution < 1.29 is 20.1 Å². The maximum atomic E-state index is 12.1. The SMILES string of the molecule is O=c1[nH]c(=O)n([C@@H]2O[C@H](CO)[C@@H](O)[C@H]2O)c2ccccc12. The number of aliphatic hydroxyl groups is 3. The molecule has 1 fully saturated rings. The molecule has 0 bridgehead atoms. The number of aromatic nitrogens is 2. The molecular weight excluding hydrogens is 280 g/mol. The third-order valence-electron chi connectivity index (χ3n) is 3.62. The second kappa shape index (κ2) is 5.08. The Kier molecular flexibility index (Phi) is 3.38.